The lowest BCUT2D eigenvalue weighted by atomic mass is 9.80. The monoisotopic (exact) mass is 412 g/mol. The molecule has 0 saturated heterocycles. The summed E-state index contributed by atoms with van der Waals surface area (Å²) in [5, 5.41) is 12.9. The highest BCUT2D eigenvalue weighted by Gasteiger charge is 2.37. The summed E-state index contributed by atoms with van der Waals surface area (Å²) in [6.07, 6.45) is 0. The second-order valence-electron chi connectivity index (χ2n) is 6.57. The maximum Gasteiger partial charge on any atom is 0.247 e. The number of nitrogens with zero attached hydrogens (tertiary/aromatic N) is 2. The van der Waals surface area contributed by atoms with Crippen LogP contribution in [0.3, 0.4) is 0 Å². The average molecular weight is 413 g/mol. The molecule has 8 heteroatoms. The fraction of sp³-hybridized carbons (Fsp3) is 0.286. The number of anilines is 1. The summed E-state index contributed by atoms with van der Waals surface area (Å²) < 4.78 is 11.3. The summed E-state index contributed by atoms with van der Waals surface area (Å²) in [6.45, 7) is 5.78. The number of pyridine rings is 1. The van der Waals surface area contributed by atoms with Crippen molar-refractivity contribution in [2.24, 2.45) is 5.73 Å². The Morgan fingerprint density at radius 2 is 2.14 bits per heavy atom. The Morgan fingerprint density at radius 3 is 2.72 bits per heavy atom. The number of benzene rings is 1. The first-order chi connectivity index (χ1) is 13.8. The van der Waals surface area contributed by atoms with Crippen LogP contribution in [0.1, 0.15) is 42.1 Å². The van der Waals surface area contributed by atoms with Crippen molar-refractivity contribution in [3.8, 4) is 17.7 Å². The average Bonchev–Trinajstić information content (AvgIpc) is 2.70. The Labute approximate surface area is 174 Å². The number of nitrogens with two attached hydrogens (primary N) is 1. The van der Waals surface area contributed by atoms with E-state index in [9.17, 15) is 10.1 Å². The number of allylic oxidation sites excluding steroid dienone is 1. The van der Waals surface area contributed by atoms with E-state index in [0.717, 1.165) is 0 Å². The number of aromatic nitrogens is 1. The number of hydrogen-bond acceptors (Lipinski definition) is 6. The molecule has 0 bridgehead atoms. The van der Waals surface area contributed by atoms with Gasteiger partial charge in [0, 0.05) is 16.8 Å². The van der Waals surface area contributed by atoms with E-state index < -0.39 is 11.8 Å². The lowest BCUT2D eigenvalue weighted by molar-refractivity contribution is -0.114. The van der Waals surface area contributed by atoms with E-state index >= 15 is 0 Å². The second kappa shape index (κ2) is 8.02. The normalized spacial score (nSPS) is 15.2. The lowest BCUT2D eigenvalue weighted by Gasteiger charge is -2.32. The highest BCUT2D eigenvalue weighted by molar-refractivity contribution is 6.34. The molecular formula is C21H21ClN4O3. The number of hydrogen-bond donors (Lipinski definition) is 2. The van der Waals surface area contributed by atoms with E-state index in [0.29, 0.717) is 62.6 Å². The molecule has 2 aromatic rings. The molecule has 1 atom stereocenters. The number of primary amides is 1. The van der Waals surface area contributed by atoms with Crippen LogP contribution in [0.5, 0.6) is 11.6 Å². The Kier molecular flexibility index (Phi) is 5.66. The smallest absolute Gasteiger partial charge is 0.247 e. The quantitative estimate of drug-likeness (QED) is 0.775. The third-order valence-electron chi connectivity index (χ3n) is 4.82. The summed E-state index contributed by atoms with van der Waals surface area (Å²) >= 11 is 6.56. The van der Waals surface area contributed by atoms with Crippen molar-refractivity contribution in [2.45, 2.75) is 26.7 Å². The number of nitriles is 1. The molecule has 1 unspecified atom stereocenters. The van der Waals surface area contributed by atoms with Gasteiger partial charge >= 0.3 is 0 Å². The van der Waals surface area contributed by atoms with Gasteiger partial charge in [-0.2, -0.15) is 5.26 Å². The van der Waals surface area contributed by atoms with Gasteiger partial charge in [0.2, 0.25) is 11.8 Å². The van der Waals surface area contributed by atoms with E-state index in [2.05, 4.69) is 16.4 Å². The van der Waals surface area contributed by atoms with Gasteiger partial charge in [0.1, 0.15) is 5.75 Å². The van der Waals surface area contributed by atoms with Gasteiger partial charge < -0.3 is 20.5 Å². The molecule has 0 spiro atoms. The molecule has 0 aliphatic carbocycles. The van der Waals surface area contributed by atoms with Crippen molar-refractivity contribution in [3.63, 3.8) is 0 Å². The van der Waals surface area contributed by atoms with Gasteiger partial charge in [-0.1, -0.05) is 17.7 Å². The molecule has 1 aromatic carbocycles. The minimum absolute atomic E-state index is 0.350. The second-order valence-corrected chi connectivity index (χ2v) is 6.95. The van der Waals surface area contributed by atoms with Crippen LogP contribution in [-0.2, 0) is 4.79 Å². The largest absolute Gasteiger partial charge is 0.496 e. The van der Waals surface area contributed by atoms with E-state index in [-0.39, 0.29) is 0 Å². The molecular weight excluding hydrogens is 392 g/mol. The number of carbonyl (C=O) groups excluding carboxylic acids is 1. The zero-order valence-corrected chi connectivity index (χ0v) is 17.3. The summed E-state index contributed by atoms with van der Waals surface area (Å²) in [5.74, 6) is -0.401. The van der Waals surface area contributed by atoms with Gasteiger partial charge in [-0.25, -0.2) is 4.98 Å². The molecule has 29 heavy (non-hydrogen) atoms. The predicted octanol–water partition coefficient (Wildman–Crippen LogP) is 3.64. The van der Waals surface area contributed by atoms with Crippen LogP contribution in [0.2, 0.25) is 5.02 Å². The number of nitrogens with one attached hydrogen (secondary N) is 1. The molecule has 1 aliphatic rings. The number of ether oxygens (including phenoxy) is 2. The molecule has 0 fully saturated rings. The Hall–Kier alpha value is -3.24. The first-order valence-electron chi connectivity index (χ1n) is 9.02. The molecule has 150 valence electrons. The fourth-order valence-corrected chi connectivity index (χ4v) is 3.77. The molecule has 7 nitrogen and oxygen atoms in total. The van der Waals surface area contributed by atoms with Crippen LogP contribution in [-0.4, -0.2) is 24.6 Å². The number of halogens is 1. The number of aryl methyl sites for hydroxylation is 1. The van der Waals surface area contributed by atoms with Gasteiger partial charge in [0.05, 0.1) is 53.2 Å². The van der Waals surface area contributed by atoms with Crippen LogP contribution in [0.4, 0.5) is 5.69 Å². The van der Waals surface area contributed by atoms with Crippen LogP contribution in [0, 0.1) is 18.3 Å². The van der Waals surface area contributed by atoms with E-state index in [4.69, 9.17) is 26.8 Å². The molecule has 3 N–H and O–H groups in total. The van der Waals surface area contributed by atoms with Crippen molar-refractivity contribution in [1.29, 1.82) is 5.26 Å². The Morgan fingerprint density at radius 1 is 1.41 bits per heavy atom. The van der Waals surface area contributed by atoms with Gasteiger partial charge in [0.15, 0.2) is 0 Å². The molecule has 0 radical (unpaired) electrons. The van der Waals surface area contributed by atoms with Crippen molar-refractivity contribution >= 4 is 23.2 Å². The maximum atomic E-state index is 12.4. The molecule has 2 heterocycles. The van der Waals surface area contributed by atoms with Gasteiger partial charge in [-0.15, -0.1) is 0 Å². The van der Waals surface area contributed by atoms with Crippen molar-refractivity contribution < 1.29 is 14.3 Å². The zero-order chi connectivity index (χ0) is 21.3. The summed E-state index contributed by atoms with van der Waals surface area (Å²) in [6, 6.07) is 7.12. The third kappa shape index (κ3) is 3.47. The number of rotatable bonds is 5. The van der Waals surface area contributed by atoms with Crippen molar-refractivity contribution in [1.82, 2.24) is 4.98 Å². The fourth-order valence-electron chi connectivity index (χ4n) is 3.58. The van der Waals surface area contributed by atoms with Crippen molar-refractivity contribution in [3.05, 3.63) is 56.9 Å². The third-order valence-corrected chi connectivity index (χ3v) is 5.28. The molecule has 1 aliphatic heterocycles. The standard InChI is InChI=1S/C21H21ClN4O3/c1-5-29-21-17-16(13-7-6-12(9-23)8-14(13)28-4)15(20(24)27)10(2)25-19(17)18(22)11(3)26-21/h6-8,16,25H,5H2,1-4H3,(H2,24,27). The van der Waals surface area contributed by atoms with Crippen LogP contribution >= 0.6 is 11.6 Å². The number of carbonyl (C=O) groups is 1. The van der Waals surface area contributed by atoms with Crippen LogP contribution < -0.4 is 20.5 Å². The highest BCUT2D eigenvalue weighted by Crippen LogP contribution is 2.50. The maximum absolute atomic E-state index is 12.4. The predicted molar refractivity (Wildman–Crippen MR) is 110 cm³/mol. The van der Waals surface area contributed by atoms with Gasteiger partial charge in [-0.3, -0.25) is 4.79 Å². The zero-order valence-electron chi connectivity index (χ0n) is 16.6. The Bertz CT molecular complexity index is 1070. The molecule has 1 amide bonds. The van der Waals surface area contributed by atoms with Crippen LogP contribution in [0.25, 0.3) is 0 Å². The minimum atomic E-state index is -0.626. The van der Waals surface area contributed by atoms with Crippen molar-refractivity contribution in [2.75, 3.05) is 19.0 Å². The SMILES string of the molecule is CCOc1nc(C)c(Cl)c2c1C(c1ccc(C#N)cc1OC)C(C(N)=O)=C(C)N2. The summed E-state index contributed by atoms with van der Waals surface area (Å²) in [4.78, 5) is 16.9. The molecule has 1 aromatic heterocycles. The number of methoxy groups -OCH3 is 1. The highest BCUT2D eigenvalue weighted by atomic mass is 35.5. The molecule has 3 rings (SSSR count). The van der Waals surface area contributed by atoms with Crippen LogP contribution in [0.15, 0.2) is 29.5 Å². The van der Waals surface area contributed by atoms with E-state index in [1.807, 2.05) is 6.92 Å². The first kappa shape index (κ1) is 20.5. The summed E-state index contributed by atoms with van der Waals surface area (Å²) in [7, 11) is 1.51. The number of fused-ring (bicyclic) bond motifs is 1. The topological polar surface area (TPSA) is 110 Å². The van der Waals surface area contributed by atoms with E-state index in [1.54, 1.807) is 32.0 Å². The van der Waals surface area contributed by atoms with Gasteiger partial charge in [0.25, 0.3) is 0 Å². The lowest BCUT2D eigenvalue weighted by Crippen LogP contribution is -2.28. The minimum Gasteiger partial charge on any atom is -0.496 e. The van der Waals surface area contributed by atoms with Gasteiger partial charge in [-0.05, 0) is 32.9 Å². The first-order valence-corrected chi connectivity index (χ1v) is 9.40. The molecule has 0 saturated carbocycles. The van der Waals surface area contributed by atoms with E-state index in [1.165, 1.54) is 7.11 Å². The number of amides is 1. The summed E-state index contributed by atoms with van der Waals surface area (Å²) in [5.41, 5.74) is 9.60. The Balaban J connectivity index is 2.40.